The van der Waals surface area contributed by atoms with E-state index < -0.39 is 97.5 Å². The summed E-state index contributed by atoms with van der Waals surface area (Å²) in [5.74, 6) is 0.00224. The zero-order valence-corrected chi connectivity index (χ0v) is 59.2. The molecular weight excluding hydrogens is 1170 g/mol. The summed E-state index contributed by atoms with van der Waals surface area (Å²) in [6, 6.07) is 0. The molecule has 0 aromatic heterocycles. The molecule has 0 bridgehead atoms. The van der Waals surface area contributed by atoms with Crippen molar-refractivity contribution < 1.29 is 80.2 Å². The lowest BCUT2D eigenvalue weighted by molar-refractivity contribution is -0.161. The van der Waals surface area contributed by atoms with Gasteiger partial charge in [0.1, 0.15) is 19.3 Å². The van der Waals surface area contributed by atoms with Gasteiger partial charge in [0.15, 0.2) is 12.2 Å². The van der Waals surface area contributed by atoms with E-state index >= 15 is 0 Å². The number of aliphatic hydroxyl groups excluding tert-OH is 1. The number of ether oxygens (including phenoxy) is 4. The molecule has 89 heavy (non-hydrogen) atoms. The maximum Gasteiger partial charge on any atom is 0.472 e. The lowest BCUT2D eigenvalue weighted by atomic mass is 10.0. The number of unbranched alkanes of at least 4 members (excludes halogenated alkanes) is 31. The zero-order valence-electron chi connectivity index (χ0n) is 57.4. The van der Waals surface area contributed by atoms with E-state index in [0.717, 1.165) is 115 Å². The topological polar surface area (TPSA) is 237 Å². The monoisotopic (exact) mass is 1310 g/mol. The molecule has 0 aliphatic rings. The highest BCUT2D eigenvalue weighted by molar-refractivity contribution is 7.47. The summed E-state index contributed by atoms with van der Waals surface area (Å²) in [7, 11) is -9.91. The molecule has 0 radical (unpaired) electrons. The number of carbonyl (C=O) groups excluding carboxylic acids is 4. The first kappa shape index (κ1) is 86.5. The Morgan fingerprint density at radius 3 is 0.910 bits per heavy atom. The van der Waals surface area contributed by atoms with E-state index in [9.17, 15) is 43.2 Å². The van der Waals surface area contributed by atoms with Crippen LogP contribution in [0.15, 0.2) is 24.3 Å². The van der Waals surface area contributed by atoms with Gasteiger partial charge in [0, 0.05) is 25.7 Å². The molecule has 0 heterocycles. The van der Waals surface area contributed by atoms with Crippen molar-refractivity contribution in [1.29, 1.82) is 0 Å². The third kappa shape index (κ3) is 64.1. The van der Waals surface area contributed by atoms with Gasteiger partial charge in [-0.3, -0.25) is 37.3 Å². The van der Waals surface area contributed by atoms with Gasteiger partial charge in [0.2, 0.25) is 0 Å². The van der Waals surface area contributed by atoms with Crippen LogP contribution in [0.2, 0.25) is 0 Å². The molecule has 0 aliphatic heterocycles. The smallest absolute Gasteiger partial charge is 0.462 e. The fraction of sp³-hybridized carbons (Fsp3) is 0.886. The molecule has 0 aliphatic carbocycles. The van der Waals surface area contributed by atoms with Gasteiger partial charge >= 0.3 is 39.5 Å². The van der Waals surface area contributed by atoms with Gasteiger partial charge in [0.25, 0.3) is 0 Å². The van der Waals surface area contributed by atoms with E-state index in [1.807, 2.05) is 0 Å². The van der Waals surface area contributed by atoms with Crippen molar-refractivity contribution in [3.63, 3.8) is 0 Å². The van der Waals surface area contributed by atoms with E-state index in [2.05, 4.69) is 72.8 Å². The Balaban J connectivity index is 5.29. The van der Waals surface area contributed by atoms with Gasteiger partial charge in [-0.2, -0.15) is 0 Å². The summed E-state index contributed by atoms with van der Waals surface area (Å²) in [5, 5.41) is 10.6. The first-order valence-electron chi connectivity index (χ1n) is 35.7. The second kappa shape index (κ2) is 60.5. The first-order valence-corrected chi connectivity index (χ1v) is 38.7. The fourth-order valence-corrected chi connectivity index (χ4v) is 11.6. The molecule has 0 aromatic rings. The quantitative estimate of drug-likeness (QED) is 0.0169. The van der Waals surface area contributed by atoms with Crippen LogP contribution in [0.4, 0.5) is 0 Å². The van der Waals surface area contributed by atoms with Crippen molar-refractivity contribution in [2.75, 3.05) is 39.6 Å². The van der Waals surface area contributed by atoms with Crippen molar-refractivity contribution in [3.8, 4) is 0 Å². The molecule has 0 saturated heterocycles. The van der Waals surface area contributed by atoms with Gasteiger partial charge < -0.3 is 33.8 Å². The van der Waals surface area contributed by atoms with E-state index in [1.165, 1.54) is 116 Å². The second-order valence-electron chi connectivity index (χ2n) is 26.0. The highest BCUT2D eigenvalue weighted by Crippen LogP contribution is 2.45. The molecule has 0 spiro atoms. The predicted molar refractivity (Wildman–Crippen MR) is 358 cm³/mol. The third-order valence-electron chi connectivity index (χ3n) is 15.5. The molecule has 0 amide bonds. The first-order chi connectivity index (χ1) is 42.7. The van der Waals surface area contributed by atoms with Crippen molar-refractivity contribution in [3.05, 3.63) is 24.3 Å². The molecule has 0 saturated carbocycles. The Hall–Kier alpha value is -2.46. The van der Waals surface area contributed by atoms with Crippen LogP contribution >= 0.6 is 15.6 Å². The minimum absolute atomic E-state index is 0.0843. The molecule has 0 aromatic carbocycles. The summed E-state index contributed by atoms with van der Waals surface area (Å²) in [6.45, 7) is 11.7. The predicted octanol–water partition coefficient (Wildman–Crippen LogP) is 19.4. The zero-order chi connectivity index (χ0) is 65.9. The number of rotatable bonds is 66. The Labute approximate surface area is 542 Å². The Morgan fingerprint density at radius 2 is 0.607 bits per heavy atom. The number of carbonyl (C=O) groups is 4. The van der Waals surface area contributed by atoms with Crippen LogP contribution in [0.25, 0.3) is 0 Å². The molecular formula is C70H132O17P2. The molecule has 17 nitrogen and oxygen atoms in total. The van der Waals surface area contributed by atoms with Crippen LogP contribution in [0.1, 0.15) is 325 Å². The van der Waals surface area contributed by atoms with Gasteiger partial charge in [-0.05, 0) is 69.1 Å². The maximum atomic E-state index is 13.0. The minimum atomic E-state index is -4.96. The SMILES string of the molecule is CCCCCC/C=C\C=C/CCCCCCCC(=O)O[C@H](COC(=O)CCCCCCCCCCCCCC(C)C)COP(=O)(O)OC[C@@H](O)COP(=O)(O)OC[C@@H](COC(=O)CCCCCCCCC(C)C)OC(=O)CCCCCCCCCCC(C)C. The summed E-state index contributed by atoms with van der Waals surface area (Å²) in [5.41, 5.74) is 0. The van der Waals surface area contributed by atoms with Crippen LogP contribution in [-0.4, -0.2) is 96.7 Å². The number of aliphatic hydroxyl groups is 1. The lowest BCUT2D eigenvalue weighted by Gasteiger charge is -2.21. The van der Waals surface area contributed by atoms with Crippen LogP contribution in [-0.2, 0) is 65.4 Å². The third-order valence-corrected chi connectivity index (χ3v) is 17.4. The second-order valence-corrected chi connectivity index (χ2v) is 28.9. The molecule has 3 N–H and O–H groups in total. The van der Waals surface area contributed by atoms with E-state index in [0.29, 0.717) is 37.5 Å². The molecule has 19 heteroatoms. The summed E-state index contributed by atoms with van der Waals surface area (Å²) in [6.07, 6.45) is 46.8. The Bertz CT molecular complexity index is 1840. The largest absolute Gasteiger partial charge is 0.472 e. The molecule has 524 valence electrons. The summed E-state index contributed by atoms with van der Waals surface area (Å²) in [4.78, 5) is 72.5. The molecule has 0 rings (SSSR count). The van der Waals surface area contributed by atoms with Crippen LogP contribution in [0.5, 0.6) is 0 Å². The molecule has 5 atom stereocenters. The van der Waals surface area contributed by atoms with Crippen molar-refractivity contribution in [1.82, 2.24) is 0 Å². The number of esters is 4. The number of phosphoric ester groups is 2. The number of allylic oxidation sites excluding steroid dienone is 4. The van der Waals surface area contributed by atoms with Crippen molar-refractivity contribution in [2.24, 2.45) is 17.8 Å². The average molecular weight is 1310 g/mol. The lowest BCUT2D eigenvalue weighted by Crippen LogP contribution is -2.30. The Morgan fingerprint density at radius 1 is 0.348 bits per heavy atom. The average Bonchev–Trinajstić information content (AvgIpc) is 3.55. The van der Waals surface area contributed by atoms with Gasteiger partial charge in [-0.15, -0.1) is 0 Å². The minimum Gasteiger partial charge on any atom is -0.462 e. The van der Waals surface area contributed by atoms with E-state index in [-0.39, 0.29) is 25.7 Å². The fourth-order valence-electron chi connectivity index (χ4n) is 10.0. The number of hydrogen-bond acceptors (Lipinski definition) is 15. The summed E-state index contributed by atoms with van der Waals surface area (Å²) >= 11 is 0. The highest BCUT2D eigenvalue weighted by atomic mass is 31.2. The Kier molecular flexibility index (Phi) is 58.8. The van der Waals surface area contributed by atoms with E-state index in [1.54, 1.807) is 0 Å². The summed E-state index contributed by atoms with van der Waals surface area (Å²) < 4.78 is 68.2. The van der Waals surface area contributed by atoms with Gasteiger partial charge in [-0.25, -0.2) is 9.13 Å². The van der Waals surface area contributed by atoms with Crippen LogP contribution in [0, 0.1) is 17.8 Å². The standard InChI is InChI=1S/C70H132O17P2/c1-8-9-10-11-12-13-14-15-16-17-20-24-30-39-46-53-69(74)86-65(57-80-67(72)51-44-37-29-23-21-18-19-22-27-34-41-48-61(2)3)59-84-88(76,77)82-55-64(71)56-83-89(78,79)85-60-66(58-81-68(73)52-45-38-33-32-36-43-50-63(6)7)87-70(75)54-47-40-31-26-25-28-35-42-49-62(4)5/h13-16,61-66,71H,8-12,17-60H2,1-7H3,(H,76,77)(H,78,79)/b14-13-,16-15-/t64-,65-,66-/m1/s1. The number of hydrogen-bond donors (Lipinski definition) is 3. The van der Waals surface area contributed by atoms with E-state index in [4.69, 9.17) is 37.0 Å². The van der Waals surface area contributed by atoms with Crippen LogP contribution in [0.3, 0.4) is 0 Å². The number of phosphoric acid groups is 2. The normalized spacial score (nSPS) is 14.4. The van der Waals surface area contributed by atoms with Gasteiger partial charge in [0.05, 0.1) is 26.4 Å². The van der Waals surface area contributed by atoms with Gasteiger partial charge in [-0.1, -0.05) is 272 Å². The van der Waals surface area contributed by atoms with Crippen molar-refractivity contribution >= 4 is 39.5 Å². The molecule has 2 unspecified atom stereocenters. The van der Waals surface area contributed by atoms with Crippen LogP contribution < -0.4 is 0 Å². The highest BCUT2D eigenvalue weighted by Gasteiger charge is 2.30. The van der Waals surface area contributed by atoms with Crippen molar-refractivity contribution in [2.45, 2.75) is 343 Å². The molecule has 0 fully saturated rings. The maximum absolute atomic E-state index is 13.0.